The van der Waals surface area contributed by atoms with Gasteiger partial charge < -0.3 is 20.4 Å². The lowest BCUT2D eigenvalue weighted by Crippen LogP contribution is -2.32. The molecule has 0 aromatic carbocycles. The standard InChI is InChI=1S/C12H16ClN5O2/c1-7(13)10-16-8-3-4-9(20-2)17-11(8)18(10)6-5-15-12(14)19/h3-4,7H,5-6H2,1-2H3,(H3,14,15,19). The van der Waals surface area contributed by atoms with E-state index < -0.39 is 6.03 Å². The van der Waals surface area contributed by atoms with Crippen LogP contribution >= 0.6 is 11.6 Å². The first-order valence-electron chi connectivity index (χ1n) is 6.11. The van der Waals surface area contributed by atoms with E-state index in [1.807, 2.05) is 17.6 Å². The molecular formula is C12H16ClN5O2. The number of ether oxygens (including phenoxy) is 1. The van der Waals surface area contributed by atoms with Gasteiger partial charge in [0.15, 0.2) is 5.65 Å². The number of fused-ring (bicyclic) bond motifs is 1. The Kier molecular flexibility index (Phi) is 4.29. The number of hydrogen-bond donors (Lipinski definition) is 2. The van der Waals surface area contributed by atoms with Gasteiger partial charge >= 0.3 is 6.03 Å². The summed E-state index contributed by atoms with van der Waals surface area (Å²) in [5.74, 6) is 1.18. The third-order valence-electron chi connectivity index (χ3n) is 2.80. The SMILES string of the molecule is COc1ccc2nc(C(C)Cl)n(CCNC(N)=O)c2n1. The van der Waals surface area contributed by atoms with Gasteiger partial charge in [0.25, 0.3) is 0 Å². The summed E-state index contributed by atoms with van der Waals surface area (Å²) in [6.07, 6.45) is 0. The highest BCUT2D eigenvalue weighted by Crippen LogP contribution is 2.24. The second kappa shape index (κ2) is 5.96. The Morgan fingerprint density at radius 2 is 2.30 bits per heavy atom. The number of urea groups is 1. The largest absolute Gasteiger partial charge is 0.481 e. The highest BCUT2D eigenvalue weighted by Gasteiger charge is 2.16. The number of amides is 2. The summed E-state index contributed by atoms with van der Waals surface area (Å²) >= 11 is 6.14. The maximum atomic E-state index is 10.7. The molecule has 0 aliphatic heterocycles. The van der Waals surface area contributed by atoms with Gasteiger partial charge in [-0.05, 0) is 13.0 Å². The van der Waals surface area contributed by atoms with Gasteiger partial charge in [-0.2, -0.15) is 4.98 Å². The van der Waals surface area contributed by atoms with Gasteiger partial charge in [-0.1, -0.05) is 0 Å². The highest BCUT2D eigenvalue weighted by atomic mass is 35.5. The van der Waals surface area contributed by atoms with Crippen molar-refractivity contribution < 1.29 is 9.53 Å². The van der Waals surface area contributed by atoms with Crippen molar-refractivity contribution >= 4 is 28.8 Å². The van der Waals surface area contributed by atoms with E-state index in [4.69, 9.17) is 22.1 Å². The molecule has 0 aliphatic carbocycles. The van der Waals surface area contributed by atoms with Crippen LogP contribution in [0, 0.1) is 0 Å². The lowest BCUT2D eigenvalue weighted by Gasteiger charge is -2.10. The van der Waals surface area contributed by atoms with Crippen LogP contribution in [-0.4, -0.2) is 34.2 Å². The van der Waals surface area contributed by atoms with Crippen LogP contribution in [0.25, 0.3) is 11.2 Å². The molecule has 20 heavy (non-hydrogen) atoms. The summed E-state index contributed by atoms with van der Waals surface area (Å²) in [6, 6.07) is 2.99. The predicted octanol–water partition coefficient (Wildman–Crippen LogP) is 1.41. The number of nitrogens with two attached hydrogens (primary N) is 1. The van der Waals surface area contributed by atoms with E-state index in [-0.39, 0.29) is 5.38 Å². The lowest BCUT2D eigenvalue weighted by atomic mass is 10.4. The summed E-state index contributed by atoms with van der Waals surface area (Å²) in [6.45, 7) is 2.68. The zero-order valence-corrected chi connectivity index (χ0v) is 12.0. The fourth-order valence-corrected chi connectivity index (χ4v) is 2.10. The highest BCUT2D eigenvalue weighted by molar-refractivity contribution is 6.20. The molecule has 0 fully saturated rings. The molecule has 7 nitrogen and oxygen atoms in total. The van der Waals surface area contributed by atoms with Crippen molar-refractivity contribution in [1.29, 1.82) is 0 Å². The fraction of sp³-hybridized carbons (Fsp3) is 0.417. The molecule has 8 heteroatoms. The number of pyridine rings is 1. The average Bonchev–Trinajstić information content (AvgIpc) is 2.76. The molecule has 0 aliphatic rings. The van der Waals surface area contributed by atoms with Gasteiger partial charge in [0.1, 0.15) is 11.3 Å². The van der Waals surface area contributed by atoms with Crippen LogP contribution in [0.1, 0.15) is 18.1 Å². The van der Waals surface area contributed by atoms with Crippen molar-refractivity contribution in [1.82, 2.24) is 19.9 Å². The number of aromatic nitrogens is 3. The Labute approximate surface area is 121 Å². The van der Waals surface area contributed by atoms with Crippen molar-refractivity contribution in [3.05, 3.63) is 18.0 Å². The minimum absolute atomic E-state index is 0.274. The normalized spacial score (nSPS) is 12.3. The summed E-state index contributed by atoms with van der Waals surface area (Å²) in [5.41, 5.74) is 6.45. The van der Waals surface area contributed by atoms with Gasteiger partial charge in [-0.25, -0.2) is 9.78 Å². The quantitative estimate of drug-likeness (QED) is 0.816. The first-order chi connectivity index (χ1) is 9.52. The minimum Gasteiger partial charge on any atom is -0.481 e. The van der Waals surface area contributed by atoms with Crippen molar-refractivity contribution in [3.63, 3.8) is 0 Å². The molecule has 1 atom stereocenters. The first kappa shape index (κ1) is 14.4. The Bertz CT molecular complexity index is 626. The molecule has 0 bridgehead atoms. The molecule has 0 saturated carbocycles. The molecule has 2 heterocycles. The van der Waals surface area contributed by atoms with Crippen LogP contribution in [0.5, 0.6) is 5.88 Å². The molecular weight excluding hydrogens is 282 g/mol. The number of alkyl halides is 1. The second-order valence-electron chi connectivity index (χ2n) is 4.23. The van der Waals surface area contributed by atoms with Crippen molar-refractivity contribution in [2.75, 3.05) is 13.7 Å². The van der Waals surface area contributed by atoms with Gasteiger partial charge in [-0.15, -0.1) is 11.6 Å². The third-order valence-corrected chi connectivity index (χ3v) is 2.99. The number of nitrogens with zero attached hydrogens (tertiary/aromatic N) is 3. The number of rotatable bonds is 5. The number of primary amides is 1. The molecule has 1 unspecified atom stereocenters. The van der Waals surface area contributed by atoms with E-state index in [0.29, 0.717) is 30.4 Å². The number of methoxy groups -OCH3 is 1. The summed E-state index contributed by atoms with van der Waals surface area (Å²) in [5, 5.41) is 2.26. The number of carbonyl (C=O) groups excluding carboxylic acids is 1. The summed E-state index contributed by atoms with van der Waals surface area (Å²) < 4.78 is 6.97. The van der Waals surface area contributed by atoms with Crippen LogP contribution < -0.4 is 15.8 Å². The fourth-order valence-electron chi connectivity index (χ4n) is 1.93. The maximum Gasteiger partial charge on any atom is 0.312 e. The van der Waals surface area contributed by atoms with Crippen molar-refractivity contribution in [2.45, 2.75) is 18.8 Å². The van der Waals surface area contributed by atoms with Gasteiger partial charge in [-0.3, -0.25) is 0 Å². The molecule has 3 N–H and O–H groups in total. The number of halogens is 1. The third kappa shape index (κ3) is 2.93. The van der Waals surface area contributed by atoms with E-state index >= 15 is 0 Å². The molecule has 0 spiro atoms. The number of imidazole rings is 1. The van der Waals surface area contributed by atoms with Crippen molar-refractivity contribution in [3.8, 4) is 5.88 Å². The second-order valence-corrected chi connectivity index (χ2v) is 4.88. The smallest absolute Gasteiger partial charge is 0.312 e. The van der Waals surface area contributed by atoms with Gasteiger partial charge in [0, 0.05) is 19.2 Å². The molecule has 2 aromatic rings. The summed E-state index contributed by atoms with van der Waals surface area (Å²) in [4.78, 5) is 19.6. The van der Waals surface area contributed by atoms with Crippen LogP contribution in [0.15, 0.2) is 12.1 Å². The molecule has 0 radical (unpaired) electrons. The van der Waals surface area contributed by atoms with Crippen molar-refractivity contribution in [2.24, 2.45) is 5.73 Å². The molecule has 2 rings (SSSR count). The Balaban J connectivity index is 2.40. The van der Waals surface area contributed by atoms with E-state index in [1.165, 1.54) is 0 Å². The van der Waals surface area contributed by atoms with E-state index in [0.717, 1.165) is 5.52 Å². The number of hydrogen-bond acceptors (Lipinski definition) is 4. The lowest BCUT2D eigenvalue weighted by molar-refractivity contribution is 0.248. The van der Waals surface area contributed by atoms with Gasteiger partial charge in [0.2, 0.25) is 5.88 Å². The van der Waals surface area contributed by atoms with E-state index in [2.05, 4.69) is 15.3 Å². The van der Waals surface area contributed by atoms with E-state index in [1.54, 1.807) is 13.2 Å². The first-order valence-corrected chi connectivity index (χ1v) is 6.55. The minimum atomic E-state index is -0.569. The Hall–Kier alpha value is -2.02. The predicted molar refractivity (Wildman–Crippen MR) is 75.9 cm³/mol. The zero-order valence-electron chi connectivity index (χ0n) is 11.3. The molecule has 2 amide bonds. The van der Waals surface area contributed by atoms with Crippen LogP contribution in [0.3, 0.4) is 0 Å². The average molecular weight is 298 g/mol. The summed E-state index contributed by atoms with van der Waals surface area (Å²) in [7, 11) is 1.55. The van der Waals surface area contributed by atoms with E-state index in [9.17, 15) is 4.79 Å². The monoisotopic (exact) mass is 297 g/mol. The molecule has 0 saturated heterocycles. The van der Waals surface area contributed by atoms with Crippen LogP contribution in [0.2, 0.25) is 0 Å². The topological polar surface area (TPSA) is 95.1 Å². The number of carbonyl (C=O) groups is 1. The zero-order chi connectivity index (χ0) is 14.7. The van der Waals surface area contributed by atoms with Gasteiger partial charge in [0.05, 0.1) is 12.5 Å². The maximum absolute atomic E-state index is 10.7. The Morgan fingerprint density at radius 1 is 1.55 bits per heavy atom. The van der Waals surface area contributed by atoms with Crippen LogP contribution in [-0.2, 0) is 6.54 Å². The Morgan fingerprint density at radius 3 is 2.90 bits per heavy atom. The van der Waals surface area contributed by atoms with Crippen LogP contribution in [0.4, 0.5) is 4.79 Å². The number of nitrogens with one attached hydrogen (secondary N) is 1. The molecule has 2 aromatic heterocycles. The molecule has 108 valence electrons.